The van der Waals surface area contributed by atoms with E-state index in [1.54, 1.807) is 24.1 Å². The molecule has 3 rings (SSSR count). The van der Waals surface area contributed by atoms with Gasteiger partial charge in [-0.15, -0.1) is 0 Å². The van der Waals surface area contributed by atoms with Gasteiger partial charge in [0.15, 0.2) is 5.78 Å². The molecule has 0 bridgehead atoms. The third-order valence-electron chi connectivity index (χ3n) is 5.13. The molecule has 1 aromatic carbocycles. The van der Waals surface area contributed by atoms with Crippen molar-refractivity contribution in [1.82, 2.24) is 14.7 Å². The summed E-state index contributed by atoms with van der Waals surface area (Å²) >= 11 is 0. The maximum absolute atomic E-state index is 12.7. The van der Waals surface area contributed by atoms with Crippen molar-refractivity contribution in [3.05, 3.63) is 42.1 Å². The Morgan fingerprint density at radius 3 is 2.46 bits per heavy atom. The van der Waals surface area contributed by atoms with Gasteiger partial charge in [-0.05, 0) is 64.0 Å². The predicted molar refractivity (Wildman–Crippen MR) is 108 cm³/mol. The van der Waals surface area contributed by atoms with Crippen LogP contribution in [0.3, 0.4) is 0 Å². The Bertz CT molecular complexity index is 805. The van der Waals surface area contributed by atoms with E-state index in [0.717, 1.165) is 37.2 Å². The maximum Gasteiger partial charge on any atom is 0.239 e. The molecular weight excluding hydrogens is 356 g/mol. The number of benzene rings is 1. The summed E-state index contributed by atoms with van der Waals surface area (Å²) in [6.45, 7) is 5.85. The predicted octanol–water partition coefficient (Wildman–Crippen LogP) is 3.01. The molecule has 7 heteroatoms. The van der Waals surface area contributed by atoms with Crippen molar-refractivity contribution >= 4 is 17.5 Å². The number of ether oxygens (including phenoxy) is 1. The molecule has 1 aliphatic rings. The fraction of sp³-hybridized carbons (Fsp3) is 0.476. The molecule has 0 unspecified atom stereocenters. The van der Waals surface area contributed by atoms with E-state index in [0.29, 0.717) is 12.4 Å². The number of anilines is 1. The lowest BCUT2D eigenvalue weighted by atomic mass is 9.89. The second kappa shape index (κ2) is 9.01. The zero-order valence-corrected chi connectivity index (χ0v) is 16.7. The first-order valence-electron chi connectivity index (χ1n) is 9.72. The van der Waals surface area contributed by atoms with Crippen LogP contribution in [0.4, 0.5) is 5.82 Å². The number of nitrogens with zero attached hydrogens (tertiary/aromatic N) is 3. The van der Waals surface area contributed by atoms with Gasteiger partial charge in [-0.2, -0.15) is 5.10 Å². The number of likely N-dealkylation sites (tertiary alicyclic amines) is 1. The largest absolute Gasteiger partial charge is 0.497 e. The summed E-state index contributed by atoms with van der Waals surface area (Å²) in [6, 6.07) is 9.25. The highest BCUT2D eigenvalue weighted by Crippen LogP contribution is 2.23. The fourth-order valence-corrected chi connectivity index (χ4v) is 3.55. The van der Waals surface area contributed by atoms with Crippen LogP contribution in [0, 0.1) is 5.92 Å². The normalized spacial score (nSPS) is 15.6. The molecule has 1 aliphatic heterocycles. The molecule has 0 spiro atoms. The van der Waals surface area contributed by atoms with Gasteiger partial charge in [0.05, 0.1) is 19.9 Å². The van der Waals surface area contributed by atoms with E-state index in [2.05, 4.69) is 15.3 Å². The van der Waals surface area contributed by atoms with Crippen LogP contribution in [0.2, 0.25) is 0 Å². The second-order valence-corrected chi connectivity index (χ2v) is 7.45. The average molecular weight is 384 g/mol. The number of hydrogen-bond donors (Lipinski definition) is 1. The van der Waals surface area contributed by atoms with Gasteiger partial charge in [-0.3, -0.25) is 14.5 Å². The molecule has 28 heavy (non-hydrogen) atoms. The standard InChI is InChI=1S/C21H28N4O3/c1-15(2)25-19(8-11-22-25)23-20(26)14-24-12-9-17(10-13-24)21(27)16-4-6-18(28-3)7-5-16/h4-8,11,15,17H,9-10,12-14H2,1-3H3,(H,23,26). The molecule has 0 aliphatic carbocycles. The van der Waals surface area contributed by atoms with Crippen molar-refractivity contribution < 1.29 is 14.3 Å². The van der Waals surface area contributed by atoms with Crippen LogP contribution in [-0.2, 0) is 4.79 Å². The highest BCUT2D eigenvalue weighted by atomic mass is 16.5. The summed E-state index contributed by atoms with van der Waals surface area (Å²) < 4.78 is 6.93. The van der Waals surface area contributed by atoms with Gasteiger partial charge >= 0.3 is 0 Å². The van der Waals surface area contributed by atoms with E-state index in [-0.39, 0.29) is 23.7 Å². The lowest BCUT2D eigenvalue weighted by Gasteiger charge is -2.30. The van der Waals surface area contributed by atoms with Crippen LogP contribution in [0.1, 0.15) is 43.1 Å². The summed E-state index contributed by atoms with van der Waals surface area (Å²) in [4.78, 5) is 27.2. The third kappa shape index (κ3) is 4.78. The van der Waals surface area contributed by atoms with Crippen LogP contribution >= 0.6 is 0 Å². The van der Waals surface area contributed by atoms with E-state index in [4.69, 9.17) is 4.74 Å². The molecule has 0 radical (unpaired) electrons. The molecule has 1 fully saturated rings. The first kappa shape index (κ1) is 20.1. The second-order valence-electron chi connectivity index (χ2n) is 7.45. The average Bonchev–Trinajstić information content (AvgIpc) is 3.16. The molecule has 150 valence electrons. The van der Waals surface area contributed by atoms with E-state index in [9.17, 15) is 9.59 Å². The first-order valence-corrected chi connectivity index (χ1v) is 9.72. The number of carbonyl (C=O) groups excluding carboxylic acids is 2. The zero-order chi connectivity index (χ0) is 20.1. The number of carbonyl (C=O) groups is 2. The third-order valence-corrected chi connectivity index (χ3v) is 5.13. The summed E-state index contributed by atoms with van der Waals surface area (Å²) in [5.74, 6) is 1.59. The van der Waals surface area contributed by atoms with Crippen LogP contribution < -0.4 is 10.1 Å². The number of aromatic nitrogens is 2. The van der Waals surface area contributed by atoms with Crippen LogP contribution in [0.25, 0.3) is 0 Å². The summed E-state index contributed by atoms with van der Waals surface area (Å²) in [7, 11) is 1.61. The van der Waals surface area contributed by atoms with E-state index >= 15 is 0 Å². The lowest BCUT2D eigenvalue weighted by Crippen LogP contribution is -2.41. The monoisotopic (exact) mass is 384 g/mol. The lowest BCUT2D eigenvalue weighted by molar-refractivity contribution is -0.117. The van der Waals surface area contributed by atoms with Gasteiger partial charge in [0, 0.05) is 23.6 Å². The minimum Gasteiger partial charge on any atom is -0.497 e. The van der Waals surface area contributed by atoms with Crippen molar-refractivity contribution in [3.8, 4) is 5.75 Å². The molecule has 2 heterocycles. The first-order chi connectivity index (χ1) is 13.5. The fourth-order valence-electron chi connectivity index (χ4n) is 3.55. The van der Waals surface area contributed by atoms with Crippen molar-refractivity contribution in [3.63, 3.8) is 0 Å². The minimum atomic E-state index is -0.0534. The Balaban J connectivity index is 1.48. The number of methoxy groups -OCH3 is 1. The van der Waals surface area contributed by atoms with Gasteiger partial charge in [0.25, 0.3) is 0 Å². The molecular formula is C21H28N4O3. The molecule has 0 saturated carbocycles. The number of nitrogens with one attached hydrogen (secondary N) is 1. The summed E-state index contributed by atoms with van der Waals surface area (Å²) in [6.07, 6.45) is 3.22. The van der Waals surface area contributed by atoms with Gasteiger partial charge in [-0.1, -0.05) is 0 Å². The Morgan fingerprint density at radius 2 is 1.86 bits per heavy atom. The minimum absolute atomic E-state index is 0.00933. The molecule has 1 aromatic heterocycles. The Labute approximate surface area is 165 Å². The molecule has 2 aromatic rings. The zero-order valence-electron chi connectivity index (χ0n) is 16.7. The Morgan fingerprint density at radius 1 is 1.18 bits per heavy atom. The van der Waals surface area contributed by atoms with Crippen molar-refractivity contribution in [2.75, 3.05) is 32.1 Å². The number of hydrogen-bond acceptors (Lipinski definition) is 5. The van der Waals surface area contributed by atoms with Crippen LogP contribution in [0.5, 0.6) is 5.75 Å². The number of rotatable bonds is 7. The quantitative estimate of drug-likeness (QED) is 0.743. The van der Waals surface area contributed by atoms with Gasteiger partial charge in [0.1, 0.15) is 11.6 Å². The maximum atomic E-state index is 12.7. The molecule has 1 amide bonds. The Kier molecular flexibility index (Phi) is 6.46. The number of Topliss-reactive ketones (excluding diaryl/α,β-unsaturated/α-hetero) is 1. The summed E-state index contributed by atoms with van der Waals surface area (Å²) in [5, 5.41) is 7.16. The van der Waals surface area contributed by atoms with Gasteiger partial charge in [0.2, 0.25) is 5.91 Å². The molecule has 1 saturated heterocycles. The van der Waals surface area contributed by atoms with E-state index < -0.39 is 0 Å². The van der Waals surface area contributed by atoms with E-state index in [1.165, 1.54) is 0 Å². The number of ketones is 1. The van der Waals surface area contributed by atoms with Crippen LogP contribution in [-0.4, -0.2) is 53.1 Å². The summed E-state index contributed by atoms with van der Waals surface area (Å²) in [5.41, 5.74) is 0.721. The topological polar surface area (TPSA) is 76.5 Å². The van der Waals surface area contributed by atoms with Gasteiger partial charge < -0.3 is 10.1 Å². The van der Waals surface area contributed by atoms with Crippen molar-refractivity contribution in [1.29, 1.82) is 0 Å². The number of amides is 1. The Hall–Kier alpha value is -2.67. The molecule has 0 atom stereocenters. The highest BCUT2D eigenvalue weighted by molar-refractivity contribution is 5.98. The number of piperidine rings is 1. The van der Waals surface area contributed by atoms with Crippen molar-refractivity contribution in [2.24, 2.45) is 5.92 Å². The molecule has 7 nitrogen and oxygen atoms in total. The van der Waals surface area contributed by atoms with Crippen LogP contribution in [0.15, 0.2) is 36.5 Å². The SMILES string of the molecule is COc1ccc(C(=O)C2CCN(CC(=O)Nc3ccnn3C(C)C)CC2)cc1. The molecule has 1 N–H and O–H groups in total. The smallest absolute Gasteiger partial charge is 0.239 e. The highest BCUT2D eigenvalue weighted by Gasteiger charge is 2.26. The van der Waals surface area contributed by atoms with E-state index in [1.807, 2.05) is 38.1 Å². The van der Waals surface area contributed by atoms with Crippen molar-refractivity contribution in [2.45, 2.75) is 32.7 Å². The van der Waals surface area contributed by atoms with Gasteiger partial charge in [-0.25, -0.2) is 4.68 Å².